The molecule has 0 bridgehead atoms. The lowest BCUT2D eigenvalue weighted by atomic mass is 10.1. The molecule has 1 saturated heterocycles. The van der Waals surface area contributed by atoms with Crippen LogP contribution in [0.5, 0.6) is 0 Å². The maximum absolute atomic E-state index is 11.9. The Hall–Kier alpha value is -1.07. The van der Waals surface area contributed by atoms with Crippen LogP contribution >= 0.6 is 0 Å². The van der Waals surface area contributed by atoms with Crippen LogP contribution in [0.3, 0.4) is 0 Å². The first-order valence-corrected chi connectivity index (χ1v) is 7.43. The topological polar surface area (TPSA) is 63.4 Å². The van der Waals surface area contributed by atoms with E-state index in [1.54, 1.807) is 4.31 Å². The number of anilines is 1. The fourth-order valence-corrected chi connectivity index (χ4v) is 3.65. The van der Waals surface area contributed by atoms with E-state index >= 15 is 0 Å². The van der Waals surface area contributed by atoms with Gasteiger partial charge in [0.1, 0.15) is 0 Å². The SMILES string of the molecule is Cc1c(N)cccc1CN1CCCCS1(=O)=O. The van der Waals surface area contributed by atoms with Crippen molar-refractivity contribution in [2.24, 2.45) is 0 Å². The molecule has 0 amide bonds. The predicted octanol–water partition coefficient (Wildman–Crippen LogP) is 1.50. The molecule has 1 heterocycles. The molecule has 2 rings (SSSR count). The Morgan fingerprint density at radius 2 is 2.12 bits per heavy atom. The van der Waals surface area contributed by atoms with Gasteiger partial charge in [-0.2, -0.15) is 4.31 Å². The van der Waals surface area contributed by atoms with Gasteiger partial charge in [-0.15, -0.1) is 0 Å². The minimum absolute atomic E-state index is 0.272. The average molecular weight is 254 g/mol. The minimum Gasteiger partial charge on any atom is -0.399 e. The molecule has 1 aliphatic rings. The van der Waals surface area contributed by atoms with Crippen LogP contribution in [0.1, 0.15) is 24.0 Å². The summed E-state index contributed by atoms with van der Waals surface area (Å²) in [6.07, 6.45) is 1.72. The molecule has 2 N–H and O–H groups in total. The standard InChI is InChI=1S/C12H18N2O2S/c1-10-11(5-4-6-12(10)13)9-14-7-2-3-8-17(14,15)16/h4-6H,2-3,7-9,13H2,1H3. The quantitative estimate of drug-likeness (QED) is 0.814. The van der Waals surface area contributed by atoms with Crippen molar-refractivity contribution in [1.82, 2.24) is 4.31 Å². The van der Waals surface area contributed by atoms with E-state index in [1.165, 1.54) is 0 Å². The molecule has 94 valence electrons. The largest absolute Gasteiger partial charge is 0.399 e. The highest BCUT2D eigenvalue weighted by molar-refractivity contribution is 7.89. The van der Waals surface area contributed by atoms with Gasteiger partial charge < -0.3 is 5.73 Å². The summed E-state index contributed by atoms with van der Waals surface area (Å²) >= 11 is 0. The van der Waals surface area contributed by atoms with E-state index in [0.717, 1.165) is 29.7 Å². The third-order valence-electron chi connectivity index (χ3n) is 3.29. The van der Waals surface area contributed by atoms with Crippen LogP contribution in [0.15, 0.2) is 18.2 Å². The summed E-state index contributed by atoms with van der Waals surface area (Å²) in [6.45, 7) is 3.00. The number of benzene rings is 1. The highest BCUT2D eigenvalue weighted by atomic mass is 32.2. The smallest absolute Gasteiger partial charge is 0.214 e. The first-order chi connectivity index (χ1) is 8.00. The Morgan fingerprint density at radius 1 is 1.35 bits per heavy atom. The first kappa shape index (κ1) is 12.4. The number of sulfonamides is 1. The van der Waals surface area contributed by atoms with E-state index in [2.05, 4.69) is 0 Å². The molecule has 4 nitrogen and oxygen atoms in total. The zero-order valence-electron chi connectivity index (χ0n) is 10.0. The second-order valence-electron chi connectivity index (χ2n) is 4.49. The van der Waals surface area contributed by atoms with Gasteiger partial charge in [-0.3, -0.25) is 0 Å². The van der Waals surface area contributed by atoms with Gasteiger partial charge in [0, 0.05) is 18.8 Å². The molecule has 17 heavy (non-hydrogen) atoms. The van der Waals surface area contributed by atoms with Crippen molar-refractivity contribution in [2.75, 3.05) is 18.0 Å². The maximum Gasteiger partial charge on any atom is 0.214 e. The molecular formula is C12H18N2O2S. The predicted molar refractivity (Wildman–Crippen MR) is 69.0 cm³/mol. The lowest BCUT2D eigenvalue weighted by Crippen LogP contribution is -2.37. The molecule has 0 aromatic heterocycles. The van der Waals surface area contributed by atoms with Gasteiger partial charge in [0.05, 0.1) is 5.75 Å². The van der Waals surface area contributed by atoms with Crippen molar-refractivity contribution < 1.29 is 8.42 Å². The van der Waals surface area contributed by atoms with Gasteiger partial charge in [-0.1, -0.05) is 12.1 Å². The van der Waals surface area contributed by atoms with Crippen molar-refractivity contribution >= 4 is 15.7 Å². The van der Waals surface area contributed by atoms with E-state index < -0.39 is 10.0 Å². The van der Waals surface area contributed by atoms with Crippen molar-refractivity contribution in [3.05, 3.63) is 29.3 Å². The average Bonchev–Trinajstić information content (AvgIpc) is 2.27. The van der Waals surface area contributed by atoms with Gasteiger partial charge in [-0.25, -0.2) is 8.42 Å². The highest BCUT2D eigenvalue weighted by Gasteiger charge is 2.26. The Kier molecular flexibility index (Phi) is 3.40. The zero-order chi connectivity index (χ0) is 12.5. The van der Waals surface area contributed by atoms with Crippen LogP contribution in [0.4, 0.5) is 5.69 Å². The normalized spacial score (nSPS) is 20.3. The van der Waals surface area contributed by atoms with E-state index in [-0.39, 0.29) is 5.75 Å². The number of hydrogen-bond acceptors (Lipinski definition) is 3. The molecule has 1 aromatic carbocycles. The van der Waals surface area contributed by atoms with Crippen LogP contribution in [-0.4, -0.2) is 25.0 Å². The van der Waals surface area contributed by atoms with Crippen LogP contribution in [0.2, 0.25) is 0 Å². The van der Waals surface area contributed by atoms with E-state index in [4.69, 9.17) is 5.73 Å². The summed E-state index contributed by atoms with van der Waals surface area (Å²) in [4.78, 5) is 0. The second kappa shape index (κ2) is 4.66. The maximum atomic E-state index is 11.9. The fraction of sp³-hybridized carbons (Fsp3) is 0.500. The molecule has 0 atom stereocenters. The Morgan fingerprint density at radius 3 is 2.82 bits per heavy atom. The number of rotatable bonds is 2. The molecule has 0 unspecified atom stereocenters. The molecule has 1 aliphatic heterocycles. The van der Waals surface area contributed by atoms with Gasteiger partial charge >= 0.3 is 0 Å². The lowest BCUT2D eigenvalue weighted by Gasteiger charge is -2.26. The van der Waals surface area contributed by atoms with E-state index in [0.29, 0.717) is 13.1 Å². The van der Waals surface area contributed by atoms with Crippen molar-refractivity contribution in [2.45, 2.75) is 26.3 Å². The molecular weight excluding hydrogens is 236 g/mol. The van der Waals surface area contributed by atoms with Gasteiger partial charge in [0.2, 0.25) is 10.0 Å². The van der Waals surface area contributed by atoms with Crippen LogP contribution in [0.25, 0.3) is 0 Å². The van der Waals surface area contributed by atoms with Crippen molar-refractivity contribution in [1.29, 1.82) is 0 Å². The summed E-state index contributed by atoms with van der Waals surface area (Å²) in [5.41, 5.74) is 8.52. The Balaban J connectivity index is 2.23. The second-order valence-corrected chi connectivity index (χ2v) is 6.58. The summed E-state index contributed by atoms with van der Waals surface area (Å²) in [5, 5.41) is 0. The van der Waals surface area contributed by atoms with Crippen LogP contribution < -0.4 is 5.73 Å². The van der Waals surface area contributed by atoms with Crippen LogP contribution in [-0.2, 0) is 16.6 Å². The summed E-state index contributed by atoms with van der Waals surface area (Å²) < 4.78 is 25.3. The summed E-state index contributed by atoms with van der Waals surface area (Å²) in [6, 6.07) is 5.65. The molecule has 1 aromatic rings. The minimum atomic E-state index is -3.06. The van der Waals surface area contributed by atoms with Crippen LogP contribution in [0, 0.1) is 6.92 Å². The molecule has 0 aliphatic carbocycles. The monoisotopic (exact) mass is 254 g/mol. The number of nitrogens with zero attached hydrogens (tertiary/aromatic N) is 1. The summed E-state index contributed by atoms with van der Waals surface area (Å²) in [7, 11) is -3.06. The fourth-order valence-electron chi connectivity index (χ4n) is 2.08. The number of nitrogens with two attached hydrogens (primary N) is 1. The molecule has 5 heteroatoms. The third kappa shape index (κ3) is 2.61. The van der Waals surface area contributed by atoms with Gasteiger partial charge in [-0.05, 0) is 37.0 Å². The van der Waals surface area contributed by atoms with Gasteiger partial charge in [0.15, 0.2) is 0 Å². The van der Waals surface area contributed by atoms with Crippen molar-refractivity contribution in [3.8, 4) is 0 Å². The zero-order valence-corrected chi connectivity index (χ0v) is 10.8. The molecule has 0 radical (unpaired) electrons. The lowest BCUT2D eigenvalue weighted by molar-refractivity contribution is 0.378. The Bertz CT molecular complexity index is 511. The molecule has 0 spiro atoms. The van der Waals surface area contributed by atoms with E-state index in [9.17, 15) is 8.42 Å². The first-order valence-electron chi connectivity index (χ1n) is 5.82. The third-order valence-corrected chi connectivity index (χ3v) is 5.19. The van der Waals surface area contributed by atoms with Gasteiger partial charge in [0.25, 0.3) is 0 Å². The highest BCUT2D eigenvalue weighted by Crippen LogP contribution is 2.21. The van der Waals surface area contributed by atoms with E-state index in [1.807, 2.05) is 25.1 Å². The number of nitrogen functional groups attached to an aromatic ring is 1. The molecule has 1 fully saturated rings. The number of hydrogen-bond donors (Lipinski definition) is 1. The van der Waals surface area contributed by atoms with Crippen molar-refractivity contribution in [3.63, 3.8) is 0 Å². The molecule has 0 saturated carbocycles. The Labute approximate surface area is 102 Å². The summed E-state index contributed by atoms with van der Waals surface area (Å²) in [5.74, 6) is 0.272.